The zero-order chi connectivity index (χ0) is 26.9. The third-order valence-corrected chi connectivity index (χ3v) is 6.78. The predicted molar refractivity (Wildman–Crippen MR) is 158 cm³/mol. The second-order valence-electron chi connectivity index (χ2n) is 8.23. The van der Waals surface area contributed by atoms with Crippen molar-refractivity contribution >= 4 is 47.4 Å². The van der Waals surface area contributed by atoms with E-state index in [1.165, 1.54) is 11.4 Å². The number of carbonyl (C=O) groups is 2. The van der Waals surface area contributed by atoms with Gasteiger partial charge in [-0.25, -0.2) is 10.9 Å². The van der Waals surface area contributed by atoms with Gasteiger partial charge < -0.3 is 9.80 Å². The molecule has 200 valence electrons. The fourth-order valence-electron chi connectivity index (χ4n) is 3.62. The van der Waals surface area contributed by atoms with E-state index in [0.29, 0.717) is 24.3 Å². The van der Waals surface area contributed by atoms with Crippen LogP contribution in [0.25, 0.3) is 0 Å². The highest BCUT2D eigenvalue weighted by molar-refractivity contribution is 7.99. The Morgan fingerprint density at radius 2 is 1.03 bits per heavy atom. The van der Waals surface area contributed by atoms with E-state index < -0.39 is 0 Å². The Morgan fingerprint density at radius 1 is 0.676 bits per heavy atom. The summed E-state index contributed by atoms with van der Waals surface area (Å²) in [5.41, 5.74) is 9.31. The number of nitrogens with zero attached hydrogens (tertiary/aromatic N) is 4. The Balaban J connectivity index is 1.58. The molecule has 37 heavy (non-hydrogen) atoms. The van der Waals surface area contributed by atoms with Crippen molar-refractivity contribution in [3.8, 4) is 0 Å². The first-order chi connectivity index (χ1) is 18.0. The average Bonchev–Trinajstić information content (AvgIpc) is 2.91. The summed E-state index contributed by atoms with van der Waals surface area (Å²) in [7, 11) is 0. The van der Waals surface area contributed by atoms with Crippen molar-refractivity contribution in [3.63, 3.8) is 0 Å². The first-order valence-electron chi connectivity index (χ1n) is 12.9. The second kappa shape index (κ2) is 17.2. The highest BCUT2D eigenvalue weighted by Crippen LogP contribution is 2.15. The van der Waals surface area contributed by atoms with E-state index in [9.17, 15) is 9.59 Å². The summed E-state index contributed by atoms with van der Waals surface area (Å²) in [6.07, 6.45) is 3.96. The molecule has 2 N–H and O–H groups in total. The number of hydrazone groups is 2. The van der Waals surface area contributed by atoms with Gasteiger partial charge in [-0.2, -0.15) is 22.0 Å². The molecule has 0 atom stereocenters. The van der Waals surface area contributed by atoms with E-state index in [1.807, 2.05) is 24.3 Å². The smallest absolute Gasteiger partial charge is 0.240 e. The van der Waals surface area contributed by atoms with Gasteiger partial charge in [-0.15, -0.1) is 0 Å². The molecule has 0 saturated heterocycles. The van der Waals surface area contributed by atoms with E-state index >= 15 is 0 Å². The first-order valence-corrected chi connectivity index (χ1v) is 14.1. The van der Waals surface area contributed by atoms with Crippen LogP contribution in [0.15, 0.2) is 58.7 Å². The SMILES string of the molecule is CCN(CC)c1ccc(/C=N\NC(=O)CCSCCC(=O)N/N=C/c2ccc(N(CC)CC)cc2)cc1. The molecule has 0 aromatic heterocycles. The largest absolute Gasteiger partial charge is 0.372 e. The minimum absolute atomic E-state index is 0.149. The molecule has 2 amide bonds. The summed E-state index contributed by atoms with van der Waals surface area (Å²) in [6, 6.07) is 16.2. The van der Waals surface area contributed by atoms with Gasteiger partial charge in [-0.05, 0) is 63.1 Å². The molecule has 2 aromatic rings. The van der Waals surface area contributed by atoms with Gasteiger partial charge in [-0.1, -0.05) is 24.3 Å². The third kappa shape index (κ3) is 11.1. The summed E-state index contributed by atoms with van der Waals surface area (Å²) in [4.78, 5) is 28.5. The lowest BCUT2D eigenvalue weighted by atomic mass is 10.2. The highest BCUT2D eigenvalue weighted by atomic mass is 32.2. The molecule has 0 unspecified atom stereocenters. The molecule has 0 heterocycles. The molecule has 8 nitrogen and oxygen atoms in total. The molecular formula is C28H40N6O2S. The lowest BCUT2D eigenvalue weighted by molar-refractivity contribution is -0.121. The lowest BCUT2D eigenvalue weighted by Crippen LogP contribution is -2.21. The third-order valence-electron chi connectivity index (χ3n) is 5.80. The van der Waals surface area contributed by atoms with E-state index in [-0.39, 0.29) is 11.8 Å². The molecule has 2 aromatic carbocycles. The molecule has 0 radical (unpaired) electrons. The van der Waals surface area contributed by atoms with Crippen molar-refractivity contribution in [1.82, 2.24) is 10.9 Å². The Labute approximate surface area is 225 Å². The Morgan fingerprint density at radius 3 is 1.35 bits per heavy atom. The maximum absolute atomic E-state index is 12.0. The fraction of sp³-hybridized carbons (Fsp3) is 0.429. The minimum Gasteiger partial charge on any atom is -0.372 e. The molecule has 0 fully saturated rings. The average molecular weight is 525 g/mol. The molecule has 2 rings (SSSR count). The summed E-state index contributed by atoms with van der Waals surface area (Å²) in [5.74, 6) is 0.944. The summed E-state index contributed by atoms with van der Waals surface area (Å²) < 4.78 is 0. The number of carbonyl (C=O) groups excluding carboxylic acids is 2. The van der Waals surface area contributed by atoms with Gasteiger partial charge in [0.2, 0.25) is 11.8 Å². The topological polar surface area (TPSA) is 89.4 Å². The van der Waals surface area contributed by atoms with E-state index in [1.54, 1.807) is 24.2 Å². The van der Waals surface area contributed by atoms with Crippen LogP contribution in [0.3, 0.4) is 0 Å². The maximum Gasteiger partial charge on any atom is 0.240 e. The second-order valence-corrected chi connectivity index (χ2v) is 9.45. The molecule has 0 spiro atoms. The molecular weight excluding hydrogens is 484 g/mol. The number of hydrogen-bond donors (Lipinski definition) is 2. The zero-order valence-corrected chi connectivity index (χ0v) is 23.3. The Kier molecular flexibility index (Phi) is 13.9. The number of benzene rings is 2. The number of nitrogens with one attached hydrogen (secondary N) is 2. The number of anilines is 2. The summed E-state index contributed by atoms with van der Waals surface area (Å²) >= 11 is 1.55. The molecule has 0 aliphatic heterocycles. The minimum atomic E-state index is -0.149. The first kappa shape index (κ1) is 29.9. The Hall–Kier alpha value is -3.33. The summed E-state index contributed by atoms with van der Waals surface area (Å²) in [5, 5.41) is 8.07. The maximum atomic E-state index is 12.0. The van der Waals surface area contributed by atoms with Crippen LogP contribution < -0.4 is 20.7 Å². The number of thioether (sulfide) groups is 1. The van der Waals surface area contributed by atoms with Crippen molar-refractivity contribution in [3.05, 3.63) is 59.7 Å². The van der Waals surface area contributed by atoms with Crippen LogP contribution in [0, 0.1) is 0 Å². The monoisotopic (exact) mass is 524 g/mol. The molecule has 9 heteroatoms. The number of rotatable bonds is 16. The van der Waals surface area contributed by atoms with Crippen LogP contribution in [-0.4, -0.2) is 61.9 Å². The van der Waals surface area contributed by atoms with Gasteiger partial charge in [0.15, 0.2) is 0 Å². The highest BCUT2D eigenvalue weighted by Gasteiger charge is 2.04. The molecule has 0 aliphatic rings. The van der Waals surface area contributed by atoms with Crippen LogP contribution in [0.5, 0.6) is 0 Å². The normalized spacial score (nSPS) is 11.1. The number of amides is 2. The van der Waals surface area contributed by atoms with E-state index in [4.69, 9.17) is 0 Å². The van der Waals surface area contributed by atoms with Gasteiger partial charge in [0, 0.05) is 61.9 Å². The Bertz CT molecular complexity index is 919. The lowest BCUT2D eigenvalue weighted by Gasteiger charge is -2.20. The fourth-order valence-corrected chi connectivity index (χ4v) is 4.48. The number of hydrogen-bond acceptors (Lipinski definition) is 7. The van der Waals surface area contributed by atoms with Crippen LogP contribution in [0.4, 0.5) is 11.4 Å². The van der Waals surface area contributed by atoms with Crippen molar-refractivity contribution < 1.29 is 9.59 Å². The van der Waals surface area contributed by atoms with Crippen molar-refractivity contribution in [2.45, 2.75) is 40.5 Å². The quantitative estimate of drug-likeness (QED) is 0.192. The van der Waals surface area contributed by atoms with Gasteiger partial charge in [0.1, 0.15) is 0 Å². The zero-order valence-electron chi connectivity index (χ0n) is 22.4. The standard InChI is InChI=1S/C28H40N6O2S/c1-5-33(6-2)25-13-9-23(10-14-25)21-29-31-27(35)17-19-37-20-18-28(36)32-30-22-24-11-15-26(16-12-24)34(7-3)8-4/h9-16,21-22H,5-8,17-20H2,1-4H3,(H,31,35)(H,32,36)/b29-21-,30-22+. The van der Waals surface area contributed by atoms with Gasteiger partial charge in [0.25, 0.3) is 0 Å². The van der Waals surface area contributed by atoms with Crippen LogP contribution in [0.2, 0.25) is 0 Å². The van der Waals surface area contributed by atoms with Crippen molar-refractivity contribution in [2.75, 3.05) is 47.5 Å². The van der Waals surface area contributed by atoms with Crippen LogP contribution >= 0.6 is 11.8 Å². The van der Waals surface area contributed by atoms with Gasteiger partial charge >= 0.3 is 0 Å². The van der Waals surface area contributed by atoms with E-state index in [2.05, 4.69) is 82.8 Å². The van der Waals surface area contributed by atoms with Crippen molar-refractivity contribution in [1.29, 1.82) is 0 Å². The summed E-state index contributed by atoms with van der Waals surface area (Å²) in [6.45, 7) is 12.4. The van der Waals surface area contributed by atoms with Crippen LogP contribution in [-0.2, 0) is 9.59 Å². The van der Waals surface area contributed by atoms with Crippen LogP contribution in [0.1, 0.15) is 51.7 Å². The molecule has 0 bridgehead atoms. The molecule has 0 aliphatic carbocycles. The van der Waals surface area contributed by atoms with E-state index in [0.717, 1.165) is 37.3 Å². The molecule has 0 saturated carbocycles. The van der Waals surface area contributed by atoms with Gasteiger partial charge in [0.05, 0.1) is 12.4 Å². The predicted octanol–water partition coefficient (Wildman–Crippen LogP) is 4.49. The van der Waals surface area contributed by atoms with Crippen molar-refractivity contribution in [2.24, 2.45) is 10.2 Å². The van der Waals surface area contributed by atoms with Gasteiger partial charge in [-0.3, -0.25) is 9.59 Å².